The van der Waals surface area contributed by atoms with Crippen LogP contribution in [-0.2, 0) is 4.74 Å². The first-order valence-corrected chi connectivity index (χ1v) is 5.97. The summed E-state index contributed by atoms with van der Waals surface area (Å²) in [5, 5.41) is 12.3. The summed E-state index contributed by atoms with van der Waals surface area (Å²) in [6.07, 6.45) is 1.10. The highest BCUT2D eigenvalue weighted by Crippen LogP contribution is 2.23. The Morgan fingerprint density at radius 1 is 1.35 bits per heavy atom. The lowest BCUT2D eigenvalue weighted by Crippen LogP contribution is -2.39. The molecule has 0 spiro atoms. The van der Waals surface area contributed by atoms with Gasteiger partial charge >= 0.3 is 0 Å². The van der Waals surface area contributed by atoms with Crippen LogP contribution in [0.5, 0.6) is 0 Å². The van der Waals surface area contributed by atoms with Gasteiger partial charge in [0.2, 0.25) is 0 Å². The van der Waals surface area contributed by atoms with Gasteiger partial charge < -0.3 is 10.1 Å². The Hall–Kier alpha value is -1.37. The molecule has 0 saturated carbocycles. The van der Waals surface area contributed by atoms with Gasteiger partial charge in [0.05, 0.1) is 17.7 Å². The summed E-state index contributed by atoms with van der Waals surface area (Å²) in [6, 6.07) is 9.76. The van der Waals surface area contributed by atoms with Crippen LogP contribution < -0.4 is 5.32 Å². The van der Waals surface area contributed by atoms with Crippen molar-refractivity contribution in [3.63, 3.8) is 0 Å². The fourth-order valence-electron chi connectivity index (χ4n) is 1.96. The molecule has 0 aliphatic carbocycles. The lowest BCUT2D eigenvalue weighted by atomic mass is 10.0. The van der Waals surface area contributed by atoms with E-state index in [1.165, 1.54) is 0 Å². The zero-order chi connectivity index (χ0) is 12.3. The minimum absolute atomic E-state index is 0.0875. The van der Waals surface area contributed by atoms with Crippen molar-refractivity contribution < 1.29 is 4.74 Å². The Bertz CT molecular complexity index is 417. The van der Waals surface area contributed by atoms with Gasteiger partial charge in [-0.1, -0.05) is 12.1 Å². The van der Waals surface area contributed by atoms with E-state index in [1.54, 1.807) is 0 Å². The monoisotopic (exact) mass is 230 g/mol. The van der Waals surface area contributed by atoms with Crippen LogP contribution in [0.2, 0.25) is 0 Å². The third-order valence-electron chi connectivity index (χ3n) is 3.22. The number of rotatable bonds is 1. The second-order valence-corrected chi connectivity index (χ2v) is 5.11. The van der Waals surface area contributed by atoms with Gasteiger partial charge in [-0.15, -0.1) is 0 Å². The molecule has 90 valence electrons. The molecular weight excluding hydrogens is 212 g/mol. The summed E-state index contributed by atoms with van der Waals surface area (Å²) in [5.41, 5.74) is 1.96. The summed E-state index contributed by atoms with van der Waals surface area (Å²) in [7, 11) is 0. The number of hydrogen-bond donors (Lipinski definition) is 1. The van der Waals surface area contributed by atoms with Gasteiger partial charge in [0.25, 0.3) is 0 Å². The van der Waals surface area contributed by atoms with Crippen LogP contribution in [0.25, 0.3) is 0 Å². The summed E-state index contributed by atoms with van der Waals surface area (Å²) < 4.78 is 5.85. The van der Waals surface area contributed by atoms with E-state index in [0.29, 0.717) is 5.56 Å². The summed E-state index contributed by atoms with van der Waals surface area (Å²) in [5.74, 6) is 0. The first kappa shape index (κ1) is 12.1. The maximum absolute atomic E-state index is 8.76. The third kappa shape index (κ3) is 3.06. The molecule has 0 radical (unpaired) electrons. The van der Waals surface area contributed by atoms with E-state index in [1.807, 2.05) is 24.3 Å². The highest BCUT2D eigenvalue weighted by Gasteiger charge is 2.24. The van der Waals surface area contributed by atoms with Crippen molar-refractivity contribution in [1.29, 1.82) is 5.26 Å². The Labute approximate surface area is 102 Å². The molecule has 0 bridgehead atoms. The SMILES string of the molecule is CC1(C)CCOC(c2ccc(C#N)cc2)CN1. The van der Waals surface area contributed by atoms with Crippen LogP contribution in [-0.4, -0.2) is 18.7 Å². The van der Waals surface area contributed by atoms with Gasteiger partial charge in [0, 0.05) is 18.7 Å². The molecule has 1 aliphatic rings. The van der Waals surface area contributed by atoms with Gasteiger partial charge in [-0.05, 0) is 38.0 Å². The van der Waals surface area contributed by atoms with Crippen molar-refractivity contribution >= 4 is 0 Å². The lowest BCUT2D eigenvalue weighted by molar-refractivity contribution is 0.0656. The van der Waals surface area contributed by atoms with E-state index in [9.17, 15) is 0 Å². The Morgan fingerprint density at radius 3 is 2.71 bits per heavy atom. The van der Waals surface area contributed by atoms with E-state index in [-0.39, 0.29) is 11.6 Å². The molecular formula is C14H18N2O. The van der Waals surface area contributed by atoms with Crippen molar-refractivity contribution in [3.05, 3.63) is 35.4 Å². The standard InChI is InChI=1S/C14H18N2O/c1-14(2)7-8-17-13(10-16-14)12-5-3-11(9-15)4-6-12/h3-6,13,16H,7-8,10H2,1-2H3. The van der Waals surface area contributed by atoms with Crippen LogP contribution in [0, 0.1) is 11.3 Å². The molecule has 3 nitrogen and oxygen atoms in total. The first-order chi connectivity index (χ1) is 8.11. The molecule has 1 atom stereocenters. The molecule has 1 aromatic carbocycles. The molecule has 1 aromatic rings. The fraction of sp³-hybridized carbons (Fsp3) is 0.500. The third-order valence-corrected chi connectivity index (χ3v) is 3.22. The summed E-state index contributed by atoms with van der Waals surface area (Å²) in [4.78, 5) is 0. The Morgan fingerprint density at radius 2 is 2.06 bits per heavy atom. The molecule has 1 aliphatic heterocycles. The van der Waals surface area contributed by atoms with Crippen molar-refractivity contribution in [2.45, 2.75) is 31.9 Å². The van der Waals surface area contributed by atoms with E-state index < -0.39 is 0 Å². The zero-order valence-electron chi connectivity index (χ0n) is 10.4. The number of nitriles is 1. The minimum Gasteiger partial charge on any atom is -0.372 e. The molecule has 1 heterocycles. The normalized spacial score (nSPS) is 23.7. The van der Waals surface area contributed by atoms with Crippen LogP contribution in [0.15, 0.2) is 24.3 Å². The maximum Gasteiger partial charge on any atom is 0.0991 e. The van der Waals surface area contributed by atoms with Gasteiger partial charge in [-0.2, -0.15) is 5.26 Å². The second kappa shape index (κ2) is 4.87. The van der Waals surface area contributed by atoms with Gasteiger partial charge in [0.15, 0.2) is 0 Å². The number of hydrogen-bond acceptors (Lipinski definition) is 3. The average Bonchev–Trinajstić information content (AvgIpc) is 2.50. The highest BCUT2D eigenvalue weighted by atomic mass is 16.5. The van der Waals surface area contributed by atoms with Crippen LogP contribution >= 0.6 is 0 Å². The molecule has 0 aromatic heterocycles. The number of nitrogens with one attached hydrogen (secondary N) is 1. The number of ether oxygens (including phenoxy) is 1. The summed E-state index contributed by atoms with van der Waals surface area (Å²) in [6.45, 7) is 5.97. The van der Waals surface area contributed by atoms with E-state index in [2.05, 4.69) is 25.2 Å². The number of nitrogens with zero attached hydrogens (tertiary/aromatic N) is 1. The molecule has 3 heteroatoms. The Kier molecular flexibility index (Phi) is 3.46. The molecule has 17 heavy (non-hydrogen) atoms. The van der Waals surface area contributed by atoms with Gasteiger partial charge in [0.1, 0.15) is 0 Å². The average molecular weight is 230 g/mol. The van der Waals surface area contributed by atoms with E-state index in [0.717, 1.165) is 25.1 Å². The quantitative estimate of drug-likeness (QED) is 0.805. The second-order valence-electron chi connectivity index (χ2n) is 5.11. The largest absolute Gasteiger partial charge is 0.372 e. The van der Waals surface area contributed by atoms with E-state index in [4.69, 9.17) is 10.00 Å². The van der Waals surface area contributed by atoms with Crippen LogP contribution in [0.3, 0.4) is 0 Å². The molecule has 2 rings (SSSR count). The smallest absolute Gasteiger partial charge is 0.0991 e. The fourth-order valence-corrected chi connectivity index (χ4v) is 1.96. The maximum atomic E-state index is 8.76. The van der Waals surface area contributed by atoms with Gasteiger partial charge in [-0.3, -0.25) is 0 Å². The molecule has 1 N–H and O–H groups in total. The molecule has 1 saturated heterocycles. The highest BCUT2D eigenvalue weighted by molar-refractivity contribution is 5.32. The predicted molar refractivity (Wildman–Crippen MR) is 66.5 cm³/mol. The topological polar surface area (TPSA) is 45.0 Å². The number of benzene rings is 1. The molecule has 0 amide bonds. The van der Waals surface area contributed by atoms with Crippen LogP contribution in [0.4, 0.5) is 0 Å². The predicted octanol–water partition coefficient (Wildman–Crippen LogP) is 2.39. The Balaban J connectivity index is 2.09. The van der Waals surface area contributed by atoms with Crippen molar-refractivity contribution in [2.75, 3.05) is 13.2 Å². The first-order valence-electron chi connectivity index (χ1n) is 5.97. The van der Waals surface area contributed by atoms with Crippen molar-refractivity contribution in [1.82, 2.24) is 5.32 Å². The summed E-state index contributed by atoms with van der Waals surface area (Å²) >= 11 is 0. The molecule has 1 fully saturated rings. The lowest BCUT2D eigenvalue weighted by Gasteiger charge is -2.23. The zero-order valence-corrected chi connectivity index (χ0v) is 10.4. The molecule has 1 unspecified atom stereocenters. The van der Waals surface area contributed by atoms with Crippen molar-refractivity contribution in [2.24, 2.45) is 0 Å². The van der Waals surface area contributed by atoms with Crippen molar-refractivity contribution in [3.8, 4) is 6.07 Å². The van der Waals surface area contributed by atoms with Gasteiger partial charge in [-0.25, -0.2) is 0 Å². The minimum atomic E-state index is 0.0875. The van der Waals surface area contributed by atoms with Crippen LogP contribution in [0.1, 0.15) is 37.5 Å². The van der Waals surface area contributed by atoms with E-state index >= 15 is 0 Å².